The molecular formula is C10H18O3. The molecule has 1 aliphatic carbocycles. The van der Waals surface area contributed by atoms with E-state index in [9.17, 15) is 9.90 Å². The van der Waals surface area contributed by atoms with Gasteiger partial charge < -0.3 is 9.84 Å². The number of hydrogen-bond donors (Lipinski definition) is 1. The number of rotatable bonds is 5. The zero-order valence-corrected chi connectivity index (χ0v) is 8.32. The van der Waals surface area contributed by atoms with Crippen molar-refractivity contribution in [2.75, 3.05) is 7.11 Å². The lowest BCUT2D eigenvalue weighted by atomic mass is 9.97. The number of aliphatic hydroxyl groups excluding tert-OH is 1. The molecule has 1 fully saturated rings. The summed E-state index contributed by atoms with van der Waals surface area (Å²) in [6.45, 7) is 2.14. The van der Waals surface area contributed by atoms with Crippen molar-refractivity contribution in [2.24, 2.45) is 11.8 Å². The largest absolute Gasteiger partial charge is 0.469 e. The molecular weight excluding hydrogens is 168 g/mol. The van der Waals surface area contributed by atoms with Gasteiger partial charge in [0.1, 0.15) is 0 Å². The molecule has 0 radical (unpaired) electrons. The minimum absolute atomic E-state index is 0.133. The van der Waals surface area contributed by atoms with Crippen LogP contribution < -0.4 is 0 Å². The van der Waals surface area contributed by atoms with E-state index in [2.05, 4.69) is 11.7 Å². The third-order valence-corrected chi connectivity index (χ3v) is 2.70. The summed E-state index contributed by atoms with van der Waals surface area (Å²) >= 11 is 0. The second-order valence-electron chi connectivity index (χ2n) is 3.98. The second-order valence-corrected chi connectivity index (χ2v) is 3.98. The van der Waals surface area contributed by atoms with Gasteiger partial charge in [-0.2, -0.15) is 0 Å². The van der Waals surface area contributed by atoms with Gasteiger partial charge >= 0.3 is 5.97 Å². The van der Waals surface area contributed by atoms with Gasteiger partial charge in [-0.05, 0) is 31.1 Å². The molecule has 3 nitrogen and oxygen atoms in total. The maximum atomic E-state index is 10.8. The minimum Gasteiger partial charge on any atom is -0.469 e. The number of hydrogen-bond acceptors (Lipinski definition) is 3. The molecule has 76 valence electrons. The molecule has 2 unspecified atom stereocenters. The van der Waals surface area contributed by atoms with Crippen LogP contribution in [0.25, 0.3) is 0 Å². The molecule has 2 atom stereocenters. The summed E-state index contributed by atoms with van der Waals surface area (Å²) < 4.78 is 4.48. The number of carbonyl (C=O) groups excluding carboxylic acids is 1. The molecule has 0 bridgehead atoms. The van der Waals surface area contributed by atoms with Crippen molar-refractivity contribution in [3.8, 4) is 0 Å². The van der Waals surface area contributed by atoms with Crippen LogP contribution in [0.3, 0.4) is 0 Å². The van der Waals surface area contributed by atoms with Gasteiger partial charge in [-0.1, -0.05) is 6.92 Å². The molecule has 0 aromatic heterocycles. The highest BCUT2D eigenvalue weighted by atomic mass is 16.5. The average Bonchev–Trinajstić information content (AvgIpc) is 2.85. The average molecular weight is 186 g/mol. The van der Waals surface area contributed by atoms with Gasteiger partial charge in [-0.25, -0.2) is 0 Å². The Balaban J connectivity index is 2.15. The summed E-state index contributed by atoms with van der Waals surface area (Å²) in [5.41, 5.74) is 0. The van der Waals surface area contributed by atoms with Gasteiger partial charge in [-0.3, -0.25) is 4.79 Å². The molecule has 1 aliphatic rings. The summed E-state index contributed by atoms with van der Waals surface area (Å²) in [4.78, 5) is 10.8. The fourth-order valence-electron chi connectivity index (χ4n) is 1.65. The fraction of sp³-hybridized carbons (Fsp3) is 0.900. The molecule has 1 N–H and O–H groups in total. The van der Waals surface area contributed by atoms with Crippen LogP contribution >= 0.6 is 0 Å². The highest BCUT2D eigenvalue weighted by Gasteiger charge is 2.29. The quantitative estimate of drug-likeness (QED) is 0.659. The summed E-state index contributed by atoms with van der Waals surface area (Å²) in [6.07, 6.45) is 2.90. The molecule has 13 heavy (non-hydrogen) atoms. The van der Waals surface area contributed by atoms with Gasteiger partial charge in [0.25, 0.3) is 0 Å². The van der Waals surface area contributed by atoms with Crippen molar-refractivity contribution in [2.45, 2.75) is 38.7 Å². The van der Waals surface area contributed by atoms with Crippen LogP contribution in [0.15, 0.2) is 0 Å². The van der Waals surface area contributed by atoms with Crippen LogP contribution in [0, 0.1) is 11.8 Å². The molecule has 3 heteroatoms. The first-order chi connectivity index (χ1) is 6.13. The van der Waals surface area contributed by atoms with Crippen molar-refractivity contribution in [3.05, 3.63) is 0 Å². The normalized spacial score (nSPS) is 20.8. The molecule has 1 rings (SSSR count). The molecule has 1 saturated carbocycles. The summed E-state index contributed by atoms with van der Waals surface area (Å²) in [5, 5.41) is 9.50. The zero-order chi connectivity index (χ0) is 9.84. The lowest BCUT2D eigenvalue weighted by Crippen LogP contribution is -2.18. The Morgan fingerprint density at radius 2 is 2.23 bits per heavy atom. The van der Waals surface area contributed by atoms with Crippen molar-refractivity contribution >= 4 is 5.97 Å². The SMILES string of the molecule is COC(=O)CC(O)CC(C)C1CC1. The van der Waals surface area contributed by atoms with Gasteiger partial charge in [0.15, 0.2) is 0 Å². The Morgan fingerprint density at radius 1 is 1.62 bits per heavy atom. The molecule has 0 aromatic rings. The lowest BCUT2D eigenvalue weighted by molar-refractivity contribution is -0.143. The van der Waals surface area contributed by atoms with Crippen LogP contribution in [0.5, 0.6) is 0 Å². The monoisotopic (exact) mass is 186 g/mol. The Labute approximate surface area is 79.1 Å². The van der Waals surface area contributed by atoms with Crippen molar-refractivity contribution in [1.82, 2.24) is 0 Å². The highest BCUT2D eigenvalue weighted by Crippen LogP contribution is 2.38. The minimum atomic E-state index is -0.525. The first kappa shape index (κ1) is 10.5. The first-order valence-corrected chi connectivity index (χ1v) is 4.88. The van der Waals surface area contributed by atoms with E-state index in [1.54, 1.807) is 0 Å². The highest BCUT2D eigenvalue weighted by molar-refractivity contribution is 5.69. The molecule has 0 aromatic carbocycles. The van der Waals surface area contributed by atoms with Gasteiger partial charge in [0.05, 0.1) is 19.6 Å². The van der Waals surface area contributed by atoms with E-state index in [-0.39, 0.29) is 12.4 Å². The van der Waals surface area contributed by atoms with E-state index >= 15 is 0 Å². The Morgan fingerprint density at radius 3 is 2.69 bits per heavy atom. The van der Waals surface area contributed by atoms with Crippen LogP contribution in [0.1, 0.15) is 32.6 Å². The van der Waals surface area contributed by atoms with E-state index in [1.807, 2.05) is 0 Å². The molecule has 0 spiro atoms. The van der Waals surface area contributed by atoms with Gasteiger partial charge in [0.2, 0.25) is 0 Å². The maximum Gasteiger partial charge on any atom is 0.308 e. The van der Waals surface area contributed by atoms with E-state index in [4.69, 9.17) is 0 Å². The third kappa shape index (κ3) is 3.77. The van der Waals surface area contributed by atoms with Crippen LogP contribution in [-0.4, -0.2) is 24.3 Å². The second kappa shape index (κ2) is 4.61. The Bertz CT molecular complexity index is 175. The van der Waals surface area contributed by atoms with Gasteiger partial charge in [0, 0.05) is 0 Å². The summed E-state index contributed by atoms with van der Waals surface area (Å²) in [6, 6.07) is 0. The van der Waals surface area contributed by atoms with Crippen LogP contribution in [0.4, 0.5) is 0 Å². The molecule has 0 heterocycles. The van der Waals surface area contributed by atoms with Crippen molar-refractivity contribution < 1.29 is 14.6 Å². The summed E-state index contributed by atoms with van der Waals surface area (Å²) in [7, 11) is 1.35. The number of aliphatic hydroxyl groups is 1. The van der Waals surface area contributed by atoms with Gasteiger partial charge in [-0.15, -0.1) is 0 Å². The van der Waals surface area contributed by atoms with Crippen molar-refractivity contribution in [1.29, 1.82) is 0 Å². The number of carbonyl (C=O) groups is 1. The number of ether oxygens (including phenoxy) is 1. The Kier molecular flexibility index (Phi) is 3.72. The molecule has 0 aliphatic heterocycles. The van der Waals surface area contributed by atoms with Crippen LogP contribution in [0.2, 0.25) is 0 Å². The molecule has 0 amide bonds. The Hall–Kier alpha value is -0.570. The number of esters is 1. The van der Waals surface area contributed by atoms with E-state index in [0.717, 1.165) is 12.3 Å². The maximum absolute atomic E-state index is 10.8. The van der Waals surface area contributed by atoms with Crippen LogP contribution in [-0.2, 0) is 9.53 Å². The van der Waals surface area contributed by atoms with E-state index < -0.39 is 6.10 Å². The van der Waals surface area contributed by atoms with E-state index in [1.165, 1.54) is 20.0 Å². The fourth-order valence-corrected chi connectivity index (χ4v) is 1.65. The van der Waals surface area contributed by atoms with Crippen molar-refractivity contribution in [3.63, 3.8) is 0 Å². The first-order valence-electron chi connectivity index (χ1n) is 4.88. The zero-order valence-electron chi connectivity index (χ0n) is 8.32. The summed E-state index contributed by atoms with van der Waals surface area (Å²) in [5.74, 6) is 1.00. The predicted molar refractivity (Wildman–Crippen MR) is 49.1 cm³/mol. The predicted octanol–water partition coefficient (Wildman–Crippen LogP) is 1.35. The lowest BCUT2D eigenvalue weighted by Gasteiger charge is -2.14. The smallest absolute Gasteiger partial charge is 0.308 e. The number of methoxy groups -OCH3 is 1. The standard InChI is InChI=1S/C10H18O3/c1-7(8-3-4-8)5-9(11)6-10(12)13-2/h7-9,11H,3-6H2,1-2H3. The topological polar surface area (TPSA) is 46.5 Å². The molecule has 0 saturated heterocycles. The van der Waals surface area contributed by atoms with E-state index in [0.29, 0.717) is 5.92 Å². The third-order valence-electron chi connectivity index (χ3n) is 2.70.